The van der Waals surface area contributed by atoms with Crippen molar-refractivity contribution in [2.45, 2.75) is 53.4 Å². The van der Waals surface area contributed by atoms with Crippen LogP contribution in [0.5, 0.6) is 0 Å². The fourth-order valence-electron chi connectivity index (χ4n) is 2.83. The van der Waals surface area contributed by atoms with Crippen molar-refractivity contribution >= 4 is 28.4 Å². The number of anilines is 1. The molecule has 0 saturated carbocycles. The third-order valence-corrected chi connectivity index (χ3v) is 5.69. The second kappa shape index (κ2) is 9.50. The predicted octanol–water partition coefficient (Wildman–Crippen LogP) is 4.54. The smallest absolute Gasteiger partial charge is 0.321 e. The number of rotatable bonds is 8. The van der Waals surface area contributed by atoms with Crippen molar-refractivity contribution in [3.8, 4) is 11.3 Å². The number of nitrogens with one attached hydrogen (secondary N) is 2. The summed E-state index contributed by atoms with van der Waals surface area (Å²) in [7, 11) is 0. The molecule has 0 aliphatic heterocycles. The third kappa shape index (κ3) is 5.29. The standard InChI is InChI=1S/C20H28N4O2S/c1-5-6-7-8-11-22-19(26)24-20-23-16(17(27-20)18(21)25)15-10-9-12(2)13(3)14(15)4/h9-10H,5-8,11H2,1-4H3,(H2,21,25)(H2,22,23,24,26). The minimum absolute atomic E-state index is 0.320. The Hall–Kier alpha value is -2.41. The molecule has 0 saturated heterocycles. The first kappa shape index (κ1) is 20.9. The maximum absolute atomic E-state index is 12.1. The van der Waals surface area contributed by atoms with E-state index in [-0.39, 0.29) is 6.03 Å². The molecule has 0 spiro atoms. The number of hydrogen-bond acceptors (Lipinski definition) is 4. The van der Waals surface area contributed by atoms with Crippen molar-refractivity contribution in [2.24, 2.45) is 5.73 Å². The van der Waals surface area contributed by atoms with Crippen LogP contribution in [-0.4, -0.2) is 23.5 Å². The Labute approximate surface area is 164 Å². The largest absolute Gasteiger partial charge is 0.365 e. The minimum Gasteiger partial charge on any atom is -0.365 e. The molecule has 1 aromatic carbocycles. The van der Waals surface area contributed by atoms with Gasteiger partial charge in [-0.2, -0.15) is 0 Å². The lowest BCUT2D eigenvalue weighted by molar-refractivity contribution is 0.100. The Balaban J connectivity index is 2.17. The fourth-order valence-corrected chi connectivity index (χ4v) is 3.66. The molecule has 2 rings (SSSR count). The van der Waals surface area contributed by atoms with Crippen LogP contribution in [0.25, 0.3) is 11.3 Å². The van der Waals surface area contributed by atoms with Gasteiger partial charge in [0.2, 0.25) is 0 Å². The first-order valence-corrected chi connectivity index (χ1v) is 10.1. The number of aryl methyl sites for hydroxylation is 1. The van der Waals surface area contributed by atoms with Crippen molar-refractivity contribution in [3.63, 3.8) is 0 Å². The first-order chi connectivity index (χ1) is 12.8. The van der Waals surface area contributed by atoms with Crippen molar-refractivity contribution in [1.29, 1.82) is 0 Å². The molecule has 1 aromatic heterocycles. The summed E-state index contributed by atoms with van der Waals surface area (Å²) in [5.41, 5.74) is 10.3. The number of primary amides is 1. The summed E-state index contributed by atoms with van der Waals surface area (Å²) in [6.07, 6.45) is 4.35. The van der Waals surface area contributed by atoms with Crippen molar-refractivity contribution in [2.75, 3.05) is 11.9 Å². The average Bonchev–Trinajstić information content (AvgIpc) is 3.03. The Morgan fingerprint density at radius 2 is 1.85 bits per heavy atom. The normalized spacial score (nSPS) is 10.7. The SMILES string of the molecule is CCCCCCNC(=O)Nc1nc(-c2ccc(C)c(C)c2C)c(C(N)=O)s1. The maximum atomic E-state index is 12.1. The summed E-state index contributed by atoms with van der Waals surface area (Å²) in [5.74, 6) is -0.548. The number of hydrogen-bond donors (Lipinski definition) is 3. The Kier molecular flexibility index (Phi) is 7.36. The average molecular weight is 389 g/mol. The summed E-state index contributed by atoms with van der Waals surface area (Å²) in [6, 6.07) is 3.62. The van der Waals surface area contributed by atoms with E-state index in [0.29, 0.717) is 22.2 Å². The lowest BCUT2D eigenvalue weighted by Crippen LogP contribution is -2.29. The zero-order valence-corrected chi connectivity index (χ0v) is 17.3. The number of nitrogens with zero attached hydrogens (tertiary/aromatic N) is 1. The molecular formula is C20H28N4O2S. The summed E-state index contributed by atoms with van der Waals surface area (Å²) < 4.78 is 0. The van der Waals surface area contributed by atoms with Gasteiger partial charge < -0.3 is 11.1 Å². The van der Waals surface area contributed by atoms with Crippen LogP contribution in [0.4, 0.5) is 9.93 Å². The van der Waals surface area contributed by atoms with Crippen LogP contribution in [0.3, 0.4) is 0 Å². The van der Waals surface area contributed by atoms with E-state index >= 15 is 0 Å². The molecule has 0 fully saturated rings. The summed E-state index contributed by atoms with van der Waals surface area (Å²) >= 11 is 1.10. The van der Waals surface area contributed by atoms with Gasteiger partial charge >= 0.3 is 6.03 Å². The number of thiazole rings is 1. The van der Waals surface area contributed by atoms with Crippen molar-refractivity contribution in [1.82, 2.24) is 10.3 Å². The lowest BCUT2D eigenvalue weighted by atomic mass is 9.96. The molecule has 0 bridgehead atoms. The quantitative estimate of drug-likeness (QED) is 0.579. The van der Waals surface area contributed by atoms with Crippen molar-refractivity contribution < 1.29 is 9.59 Å². The van der Waals surface area contributed by atoms with E-state index < -0.39 is 5.91 Å². The number of nitrogens with two attached hydrogens (primary N) is 1. The molecule has 0 radical (unpaired) electrons. The van der Waals surface area contributed by atoms with E-state index in [0.717, 1.165) is 53.7 Å². The summed E-state index contributed by atoms with van der Waals surface area (Å²) in [6.45, 7) is 8.84. The Bertz CT molecular complexity index is 830. The van der Waals surface area contributed by atoms with E-state index in [1.165, 1.54) is 5.56 Å². The molecular weight excluding hydrogens is 360 g/mol. The molecule has 146 valence electrons. The van der Waals surface area contributed by atoms with Gasteiger partial charge in [-0.1, -0.05) is 49.7 Å². The number of amides is 3. The van der Waals surface area contributed by atoms with Gasteiger partial charge in [0.05, 0.1) is 5.69 Å². The van der Waals surface area contributed by atoms with E-state index in [4.69, 9.17) is 5.73 Å². The van der Waals surface area contributed by atoms with E-state index in [9.17, 15) is 9.59 Å². The second-order valence-electron chi connectivity index (χ2n) is 6.68. The molecule has 4 N–H and O–H groups in total. The number of carbonyl (C=O) groups excluding carboxylic acids is 2. The topological polar surface area (TPSA) is 97.1 Å². The van der Waals surface area contributed by atoms with Crippen LogP contribution < -0.4 is 16.4 Å². The second-order valence-corrected chi connectivity index (χ2v) is 7.68. The van der Waals surface area contributed by atoms with Crippen LogP contribution in [-0.2, 0) is 0 Å². The molecule has 3 amide bonds. The Morgan fingerprint density at radius 3 is 2.52 bits per heavy atom. The van der Waals surface area contributed by atoms with Gasteiger partial charge in [-0.15, -0.1) is 0 Å². The highest BCUT2D eigenvalue weighted by molar-refractivity contribution is 7.18. The number of urea groups is 1. The van der Waals surface area contributed by atoms with Gasteiger partial charge in [-0.05, 0) is 43.9 Å². The predicted molar refractivity (Wildman–Crippen MR) is 111 cm³/mol. The molecule has 0 aliphatic carbocycles. The third-order valence-electron chi connectivity index (χ3n) is 4.70. The van der Waals surface area contributed by atoms with Crippen LogP contribution in [0, 0.1) is 20.8 Å². The van der Waals surface area contributed by atoms with Gasteiger partial charge in [-0.25, -0.2) is 9.78 Å². The highest BCUT2D eigenvalue weighted by atomic mass is 32.1. The van der Waals surface area contributed by atoms with Gasteiger partial charge in [0, 0.05) is 12.1 Å². The van der Waals surface area contributed by atoms with Gasteiger partial charge in [0.25, 0.3) is 5.91 Å². The van der Waals surface area contributed by atoms with Crippen LogP contribution in [0.15, 0.2) is 12.1 Å². The van der Waals surface area contributed by atoms with E-state index in [2.05, 4.69) is 22.5 Å². The monoisotopic (exact) mass is 388 g/mol. The van der Waals surface area contributed by atoms with Crippen molar-refractivity contribution in [3.05, 3.63) is 33.7 Å². The van der Waals surface area contributed by atoms with Crippen LogP contribution >= 0.6 is 11.3 Å². The molecule has 6 nitrogen and oxygen atoms in total. The van der Waals surface area contributed by atoms with Gasteiger partial charge in [0.15, 0.2) is 5.13 Å². The molecule has 0 unspecified atom stereocenters. The number of carbonyl (C=O) groups is 2. The highest BCUT2D eigenvalue weighted by Crippen LogP contribution is 2.34. The molecule has 1 heterocycles. The molecule has 0 atom stereocenters. The summed E-state index contributed by atoms with van der Waals surface area (Å²) in [5, 5.41) is 5.89. The highest BCUT2D eigenvalue weighted by Gasteiger charge is 2.20. The minimum atomic E-state index is -0.548. The molecule has 27 heavy (non-hydrogen) atoms. The Morgan fingerprint density at radius 1 is 1.11 bits per heavy atom. The summed E-state index contributed by atoms with van der Waals surface area (Å²) in [4.78, 5) is 28.8. The number of aromatic nitrogens is 1. The fraction of sp³-hybridized carbons (Fsp3) is 0.450. The first-order valence-electron chi connectivity index (χ1n) is 9.27. The molecule has 7 heteroatoms. The maximum Gasteiger partial charge on any atom is 0.321 e. The zero-order chi connectivity index (χ0) is 20.0. The van der Waals surface area contributed by atoms with Gasteiger partial charge in [-0.3, -0.25) is 10.1 Å². The lowest BCUT2D eigenvalue weighted by Gasteiger charge is -2.10. The number of benzene rings is 1. The molecule has 2 aromatic rings. The van der Waals surface area contributed by atoms with Gasteiger partial charge in [0.1, 0.15) is 4.88 Å². The van der Waals surface area contributed by atoms with Crippen LogP contribution in [0.2, 0.25) is 0 Å². The van der Waals surface area contributed by atoms with E-state index in [1.54, 1.807) is 0 Å². The van der Waals surface area contributed by atoms with E-state index in [1.807, 2.05) is 32.9 Å². The zero-order valence-electron chi connectivity index (χ0n) is 16.4. The van der Waals surface area contributed by atoms with Crippen LogP contribution in [0.1, 0.15) is 59.0 Å². The number of unbranched alkanes of at least 4 members (excludes halogenated alkanes) is 3. The molecule has 0 aliphatic rings.